The largest absolute Gasteiger partial charge is 0.467 e. The number of ether oxygens (including phenoxy) is 3. The van der Waals surface area contributed by atoms with Gasteiger partial charge in [0.25, 0.3) is 0 Å². The minimum Gasteiger partial charge on any atom is -0.467 e. The molecule has 0 aliphatic rings. The zero-order valence-corrected chi connectivity index (χ0v) is 14.1. The molecule has 0 radical (unpaired) electrons. The Kier molecular flexibility index (Phi) is 7.54. The van der Waals surface area contributed by atoms with Crippen molar-refractivity contribution in [1.82, 2.24) is 5.32 Å². The van der Waals surface area contributed by atoms with Crippen molar-refractivity contribution in [2.75, 3.05) is 13.7 Å². The number of alkyl carbamates (subject to hydrolysis) is 1. The van der Waals surface area contributed by atoms with Crippen molar-refractivity contribution in [2.24, 2.45) is 0 Å². The molecule has 1 amide bonds. The molecule has 1 N–H and O–H groups in total. The molecule has 23 heavy (non-hydrogen) atoms. The lowest BCUT2D eigenvalue weighted by molar-refractivity contribution is -0.143. The second-order valence-corrected chi connectivity index (χ2v) is 6.05. The van der Waals surface area contributed by atoms with Crippen molar-refractivity contribution < 1.29 is 23.8 Å². The summed E-state index contributed by atoms with van der Waals surface area (Å²) in [6.07, 6.45) is -0.352. The molecule has 0 saturated carbocycles. The van der Waals surface area contributed by atoms with E-state index < -0.39 is 23.7 Å². The number of amides is 1. The summed E-state index contributed by atoms with van der Waals surface area (Å²) >= 11 is 0. The Morgan fingerprint density at radius 3 is 2.39 bits per heavy atom. The van der Waals surface area contributed by atoms with E-state index in [2.05, 4.69) is 5.32 Å². The van der Waals surface area contributed by atoms with Crippen LogP contribution in [0.15, 0.2) is 30.3 Å². The number of esters is 1. The Labute approximate surface area is 137 Å². The topological polar surface area (TPSA) is 73.9 Å². The van der Waals surface area contributed by atoms with Crippen LogP contribution in [-0.4, -0.2) is 37.4 Å². The van der Waals surface area contributed by atoms with E-state index in [-0.39, 0.29) is 0 Å². The highest BCUT2D eigenvalue weighted by atomic mass is 16.6. The molecule has 6 nitrogen and oxygen atoms in total. The molecule has 0 bridgehead atoms. The molecule has 1 atom stereocenters. The zero-order valence-electron chi connectivity index (χ0n) is 14.1. The van der Waals surface area contributed by atoms with Gasteiger partial charge in [0.15, 0.2) is 0 Å². The number of hydrogen-bond donors (Lipinski definition) is 1. The average molecular weight is 323 g/mol. The van der Waals surface area contributed by atoms with Crippen molar-refractivity contribution in [2.45, 2.75) is 45.4 Å². The molecular formula is C17H25NO5. The van der Waals surface area contributed by atoms with Gasteiger partial charge in [0, 0.05) is 13.0 Å². The second-order valence-electron chi connectivity index (χ2n) is 6.05. The maximum Gasteiger partial charge on any atom is 0.408 e. The third-order valence-corrected chi connectivity index (χ3v) is 2.84. The molecule has 1 aromatic rings. The number of nitrogens with one attached hydrogen (secondary N) is 1. The average Bonchev–Trinajstić information content (AvgIpc) is 2.48. The second kappa shape index (κ2) is 9.15. The first kappa shape index (κ1) is 19.0. The van der Waals surface area contributed by atoms with Crippen molar-refractivity contribution >= 4 is 12.1 Å². The van der Waals surface area contributed by atoms with E-state index in [1.165, 1.54) is 7.11 Å². The Morgan fingerprint density at radius 1 is 1.17 bits per heavy atom. The van der Waals surface area contributed by atoms with Crippen molar-refractivity contribution in [3.05, 3.63) is 35.9 Å². The summed E-state index contributed by atoms with van der Waals surface area (Å²) < 4.78 is 15.4. The van der Waals surface area contributed by atoms with Crippen LogP contribution in [0, 0.1) is 0 Å². The molecule has 0 fully saturated rings. The van der Waals surface area contributed by atoms with E-state index >= 15 is 0 Å². The number of rotatable bonds is 7. The van der Waals surface area contributed by atoms with Crippen LogP contribution in [0.2, 0.25) is 0 Å². The fourth-order valence-electron chi connectivity index (χ4n) is 1.81. The quantitative estimate of drug-likeness (QED) is 0.617. The molecule has 0 heterocycles. The minimum atomic E-state index is -0.800. The van der Waals surface area contributed by atoms with E-state index in [4.69, 9.17) is 14.2 Å². The normalized spacial score (nSPS) is 12.3. The van der Waals surface area contributed by atoms with Crippen LogP contribution in [0.4, 0.5) is 4.79 Å². The third-order valence-electron chi connectivity index (χ3n) is 2.84. The number of carbonyl (C=O) groups excluding carboxylic acids is 2. The lowest BCUT2D eigenvalue weighted by atomic mass is 10.2. The number of methoxy groups -OCH3 is 1. The van der Waals surface area contributed by atoms with Gasteiger partial charge < -0.3 is 19.5 Å². The fourth-order valence-corrected chi connectivity index (χ4v) is 1.81. The summed E-state index contributed by atoms with van der Waals surface area (Å²) in [7, 11) is 1.27. The lowest BCUT2D eigenvalue weighted by Crippen LogP contribution is -2.44. The van der Waals surface area contributed by atoms with Crippen LogP contribution >= 0.6 is 0 Å². The summed E-state index contributed by atoms with van der Waals surface area (Å²) in [4.78, 5) is 23.5. The molecule has 0 saturated heterocycles. The molecule has 0 aliphatic carbocycles. The van der Waals surface area contributed by atoms with Gasteiger partial charge in [-0.2, -0.15) is 0 Å². The number of hydrogen-bond acceptors (Lipinski definition) is 5. The minimum absolute atomic E-state index is 0.304. The summed E-state index contributed by atoms with van der Waals surface area (Å²) in [5, 5.41) is 2.51. The number of benzene rings is 1. The first-order valence-electron chi connectivity index (χ1n) is 7.51. The molecule has 1 aromatic carbocycles. The van der Waals surface area contributed by atoms with Gasteiger partial charge in [-0.15, -0.1) is 0 Å². The highest BCUT2D eigenvalue weighted by Crippen LogP contribution is 2.08. The molecule has 6 heteroatoms. The fraction of sp³-hybridized carbons (Fsp3) is 0.529. The van der Waals surface area contributed by atoms with Crippen molar-refractivity contribution in [3.8, 4) is 0 Å². The molecule has 0 spiro atoms. The van der Waals surface area contributed by atoms with Gasteiger partial charge in [-0.1, -0.05) is 30.3 Å². The summed E-state index contributed by atoms with van der Waals surface area (Å²) in [6, 6.07) is 8.90. The molecular weight excluding hydrogens is 298 g/mol. The first-order valence-corrected chi connectivity index (χ1v) is 7.51. The summed E-state index contributed by atoms with van der Waals surface area (Å²) in [5.41, 5.74) is 0.413. The standard InChI is InChI=1S/C17H25NO5/c1-17(2,3)23-16(20)18-14(15(19)21-4)10-11-22-12-13-8-6-5-7-9-13/h5-9,14H,10-12H2,1-4H3,(H,18,20)/t14-/m0/s1. The monoisotopic (exact) mass is 323 g/mol. The Hall–Kier alpha value is -2.08. The van der Waals surface area contributed by atoms with E-state index in [1.54, 1.807) is 20.8 Å². The molecule has 1 rings (SSSR count). The van der Waals surface area contributed by atoms with E-state index in [1.807, 2.05) is 30.3 Å². The Bertz CT molecular complexity index is 495. The van der Waals surface area contributed by atoms with Crippen LogP contribution in [0.5, 0.6) is 0 Å². The molecule has 0 aromatic heterocycles. The van der Waals surface area contributed by atoms with Gasteiger partial charge in [0.05, 0.1) is 13.7 Å². The third kappa shape index (κ3) is 8.21. The van der Waals surface area contributed by atoms with Gasteiger partial charge in [-0.3, -0.25) is 0 Å². The predicted molar refractivity (Wildman–Crippen MR) is 85.9 cm³/mol. The van der Waals surface area contributed by atoms with Crippen LogP contribution in [0.25, 0.3) is 0 Å². The van der Waals surface area contributed by atoms with Gasteiger partial charge >= 0.3 is 12.1 Å². The molecule has 128 valence electrons. The molecule has 0 aliphatic heterocycles. The van der Waals surface area contributed by atoms with Crippen LogP contribution < -0.4 is 5.32 Å². The van der Waals surface area contributed by atoms with Gasteiger partial charge in [0.1, 0.15) is 11.6 Å². The summed E-state index contributed by atoms with van der Waals surface area (Å²) in [5.74, 6) is -0.529. The van der Waals surface area contributed by atoms with Crippen LogP contribution in [0.3, 0.4) is 0 Å². The highest BCUT2D eigenvalue weighted by Gasteiger charge is 2.24. The van der Waals surface area contributed by atoms with Gasteiger partial charge in [-0.25, -0.2) is 9.59 Å². The van der Waals surface area contributed by atoms with Crippen molar-refractivity contribution in [1.29, 1.82) is 0 Å². The van der Waals surface area contributed by atoms with Gasteiger partial charge in [-0.05, 0) is 26.3 Å². The predicted octanol–water partition coefficient (Wildman–Crippen LogP) is 2.66. The maximum absolute atomic E-state index is 11.8. The first-order chi connectivity index (χ1) is 10.8. The highest BCUT2D eigenvalue weighted by molar-refractivity contribution is 5.81. The van der Waals surface area contributed by atoms with E-state index in [0.717, 1.165) is 5.56 Å². The maximum atomic E-state index is 11.8. The molecule has 0 unspecified atom stereocenters. The number of carbonyl (C=O) groups is 2. The SMILES string of the molecule is COC(=O)[C@H](CCOCc1ccccc1)NC(=O)OC(C)(C)C. The Balaban J connectivity index is 2.42. The van der Waals surface area contributed by atoms with E-state index in [9.17, 15) is 9.59 Å². The smallest absolute Gasteiger partial charge is 0.408 e. The zero-order chi connectivity index (χ0) is 17.3. The Morgan fingerprint density at radius 2 is 1.83 bits per heavy atom. The van der Waals surface area contributed by atoms with Gasteiger partial charge in [0.2, 0.25) is 0 Å². The lowest BCUT2D eigenvalue weighted by Gasteiger charge is -2.22. The van der Waals surface area contributed by atoms with Crippen LogP contribution in [0.1, 0.15) is 32.8 Å². The van der Waals surface area contributed by atoms with Crippen molar-refractivity contribution in [3.63, 3.8) is 0 Å². The van der Waals surface area contributed by atoms with Crippen LogP contribution in [-0.2, 0) is 25.6 Å². The summed E-state index contributed by atoms with van der Waals surface area (Å²) in [6.45, 7) is 6.01. The van der Waals surface area contributed by atoms with E-state index in [0.29, 0.717) is 19.6 Å².